The zero-order valence-electron chi connectivity index (χ0n) is 20.8. The zero-order chi connectivity index (χ0) is 23.3. The van der Waals surface area contributed by atoms with Gasteiger partial charge in [-0.15, -0.1) is 0 Å². The van der Waals surface area contributed by atoms with Crippen molar-refractivity contribution in [3.63, 3.8) is 0 Å². The van der Waals surface area contributed by atoms with E-state index in [1.807, 2.05) is 26.8 Å². The molecule has 5 heteroatoms. The Labute approximate surface area is 194 Å². The number of allylic oxidation sites excluding steroid dienone is 1. The smallest absolute Gasteiger partial charge is 0.325 e. The molecule has 3 saturated carbocycles. The first-order valence-corrected chi connectivity index (χ1v) is 13.0. The summed E-state index contributed by atoms with van der Waals surface area (Å²) in [5.41, 5.74) is 1.54. The van der Waals surface area contributed by atoms with Crippen LogP contribution in [0.15, 0.2) is 11.6 Å². The third kappa shape index (κ3) is 3.45. The molecule has 0 spiro atoms. The van der Waals surface area contributed by atoms with Gasteiger partial charge >= 0.3 is 6.03 Å². The van der Waals surface area contributed by atoms with E-state index in [0.717, 1.165) is 44.9 Å². The fraction of sp³-hybridized carbons (Fsp3) is 0.815. The molecule has 6 atom stereocenters. The van der Waals surface area contributed by atoms with E-state index in [4.69, 9.17) is 0 Å². The monoisotopic (exact) mass is 442 g/mol. The molecule has 0 aromatic rings. The number of fused-ring (bicyclic) bond motifs is 5. The number of ketones is 1. The molecule has 1 unspecified atom stereocenters. The summed E-state index contributed by atoms with van der Waals surface area (Å²) in [7, 11) is 0. The Balaban J connectivity index is 1.56. The van der Waals surface area contributed by atoms with Crippen molar-refractivity contribution in [1.82, 2.24) is 9.80 Å². The van der Waals surface area contributed by atoms with Crippen LogP contribution in [0.2, 0.25) is 0 Å². The first-order chi connectivity index (χ1) is 15.2. The van der Waals surface area contributed by atoms with Crippen molar-refractivity contribution in [1.29, 1.82) is 0 Å². The van der Waals surface area contributed by atoms with Gasteiger partial charge in [-0.3, -0.25) is 14.5 Å². The highest BCUT2D eigenvalue weighted by Gasteiger charge is 2.60. The highest BCUT2D eigenvalue weighted by atomic mass is 16.2. The molecule has 0 aromatic carbocycles. The van der Waals surface area contributed by atoms with Crippen LogP contribution in [0.4, 0.5) is 4.79 Å². The molecule has 0 aromatic heterocycles. The van der Waals surface area contributed by atoms with Crippen molar-refractivity contribution in [2.45, 2.75) is 86.0 Å². The average molecular weight is 443 g/mol. The normalized spacial score (nSPS) is 38.3. The lowest BCUT2D eigenvalue weighted by Gasteiger charge is -2.58. The van der Waals surface area contributed by atoms with Gasteiger partial charge in [-0.25, -0.2) is 4.79 Å². The Morgan fingerprint density at radius 2 is 1.66 bits per heavy atom. The SMILES string of the molecule is CCN(CC)C(=O)N(CC)C(=O)C1CC[C@H]2[C@@H]3CCC4=CC(=O)CC[C@]4(C)[C@@H]3CC[C@]12C. The van der Waals surface area contributed by atoms with Gasteiger partial charge in [-0.2, -0.15) is 0 Å². The minimum atomic E-state index is -0.130. The number of imide groups is 1. The first-order valence-electron chi connectivity index (χ1n) is 13.0. The van der Waals surface area contributed by atoms with Crippen LogP contribution < -0.4 is 0 Å². The van der Waals surface area contributed by atoms with Crippen LogP contribution in [0.1, 0.15) is 86.0 Å². The summed E-state index contributed by atoms with van der Waals surface area (Å²) in [5.74, 6) is 2.12. The molecule has 0 heterocycles. The van der Waals surface area contributed by atoms with Gasteiger partial charge in [-0.05, 0) is 100 Å². The lowest BCUT2D eigenvalue weighted by Crippen LogP contribution is -2.54. The van der Waals surface area contributed by atoms with Crippen LogP contribution in [-0.4, -0.2) is 47.2 Å². The second-order valence-electron chi connectivity index (χ2n) is 11.2. The van der Waals surface area contributed by atoms with Crippen molar-refractivity contribution in [3.05, 3.63) is 11.6 Å². The van der Waals surface area contributed by atoms with Crippen LogP contribution in [0, 0.1) is 34.5 Å². The highest BCUT2D eigenvalue weighted by molar-refractivity contribution is 5.96. The van der Waals surface area contributed by atoms with Gasteiger partial charge in [0.15, 0.2) is 5.78 Å². The summed E-state index contributed by atoms with van der Waals surface area (Å²) >= 11 is 0. The van der Waals surface area contributed by atoms with E-state index in [1.165, 1.54) is 10.5 Å². The molecule has 3 amide bonds. The lowest BCUT2D eigenvalue weighted by molar-refractivity contribution is -0.140. The Hall–Kier alpha value is -1.65. The van der Waals surface area contributed by atoms with Crippen molar-refractivity contribution >= 4 is 17.7 Å². The summed E-state index contributed by atoms with van der Waals surface area (Å²) in [5, 5.41) is 0. The predicted molar refractivity (Wildman–Crippen MR) is 126 cm³/mol. The Morgan fingerprint density at radius 1 is 0.938 bits per heavy atom. The van der Waals surface area contributed by atoms with Crippen LogP contribution in [-0.2, 0) is 9.59 Å². The number of carbonyl (C=O) groups is 3. The Morgan fingerprint density at radius 3 is 2.31 bits per heavy atom. The molecule has 4 rings (SSSR count). The summed E-state index contributed by atoms with van der Waals surface area (Å²) in [4.78, 5) is 42.1. The summed E-state index contributed by atoms with van der Waals surface area (Å²) in [6, 6.07) is -0.130. The largest absolute Gasteiger partial charge is 0.326 e. The number of rotatable bonds is 4. The average Bonchev–Trinajstić information content (AvgIpc) is 3.12. The van der Waals surface area contributed by atoms with Crippen LogP contribution >= 0.6 is 0 Å². The number of urea groups is 1. The van der Waals surface area contributed by atoms with Gasteiger partial charge in [0.1, 0.15) is 0 Å². The number of amides is 3. The second-order valence-corrected chi connectivity index (χ2v) is 11.2. The van der Waals surface area contributed by atoms with Gasteiger partial charge in [0.05, 0.1) is 0 Å². The van der Waals surface area contributed by atoms with Gasteiger partial charge in [0.2, 0.25) is 5.91 Å². The molecule has 4 aliphatic rings. The van der Waals surface area contributed by atoms with E-state index >= 15 is 0 Å². The van der Waals surface area contributed by atoms with Gasteiger partial charge in [0.25, 0.3) is 0 Å². The van der Waals surface area contributed by atoms with Crippen molar-refractivity contribution < 1.29 is 14.4 Å². The van der Waals surface area contributed by atoms with Crippen molar-refractivity contribution in [2.24, 2.45) is 34.5 Å². The van der Waals surface area contributed by atoms with E-state index in [0.29, 0.717) is 49.6 Å². The van der Waals surface area contributed by atoms with Crippen LogP contribution in [0.25, 0.3) is 0 Å². The van der Waals surface area contributed by atoms with Crippen molar-refractivity contribution in [3.8, 4) is 0 Å². The third-order valence-electron chi connectivity index (χ3n) is 10.1. The molecular weight excluding hydrogens is 400 g/mol. The molecular formula is C27H42N2O3. The zero-order valence-corrected chi connectivity index (χ0v) is 20.8. The third-order valence-corrected chi connectivity index (χ3v) is 10.1. The summed E-state index contributed by atoms with van der Waals surface area (Å²) in [6.07, 6.45) is 10.0. The van der Waals surface area contributed by atoms with E-state index < -0.39 is 0 Å². The molecule has 0 N–H and O–H groups in total. The molecule has 3 fully saturated rings. The number of nitrogens with zero attached hydrogens (tertiary/aromatic N) is 2. The Bertz CT molecular complexity index is 816. The molecule has 5 nitrogen and oxygen atoms in total. The van der Waals surface area contributed by atoms with Crippen LogP contribution in [0.3, 0.4) is 0 Å². The van der Waals surface area contributed by atoms with Crippen molar-refractivity contribution in [2.75, 3.05) is 19.6 Å². The maximum atomic E-state index is 13.7. The molecule has 32 heavy (non-hydrogen) atoms. The maximum absolute atomic E-state index is 13.7. The second kappa shape index (κ2) is 8.61. The molecule has 0 bridgehead atoms. The minimum absolute atomic E-state index is 0.0166. The molecule has 0 saturated heterocycles. The fourth-order valence-electron chi connectivity index (χ4n) is 8.20. The molecule has 0 aliphatic heterocycles. The molecule has 0 radical (unpaired) electrons. The van der Waals surface area contributed by atoms with E-state index in [1.54, 1.807) is 4.90 Å². The summed E-state index contributed by atoms with van der Waals surface area (Å²) < 4.78 is 0. The standard InChI is InChI=1S/C27H42N2O3/c1-6-28(7-2)25(32)29(8-3)24(31)23-12-11-21-20-10-9-18-17-19(30)13-15-26(18,4)22(20)14-16-27(21,23)5/h17,20-23H,6-16H2,1-5H3/t20-,21-,22+,23?,26-,27-/m0/s1. The predicted octanol–water partition coefficient (Wildman–Crippen LogP) is 5.44. The van der Waals surface area contributed by atoms with Gasteiger partial charge in [0, 0.05) is 32.0 Å². The molecule has 178 valence electrons. The maximum Gasteiger partial charge on any atom is 0.326 e. The Kier molecular flexibility index (Phi) is 6.32. The topological polar surface area (TPSA) is 57.7 Å². The van der Waals surface area contributed by atoms with Gasteiger partial charge < -0.3 is 4.90 Å². The minimum Gasteiger partial charge on any atom is -0.325 e. The van der Waals surface area contributed by atoms with E-state index in [-0.39, 0.29) is 28.7 Å². The lowest BCUT2D eigenvalue weighted by atomic mass is 9.47. The van der Waals surface area contributed by atoms with E-state index in [2.05, 4.69) is 13.8 Å². The van der Waals surface area contributed by atoms with E-state index in [9.17, 15) is 14.4 Å². The fourth-order valence-corrected chi connectivity index (χ4v) is 8.20. The molecule has 4 aliphatic carbocycles. The first kappa shape index (κ1) is 23.5. The summed E-state index contributed by atoms with van der Waals surface area (Å²) in [6.45, 7) is 12.3. The number of hydrogen-bond acceptors (Lipinski definition) is 3. The quantitative estimate of drug-likeness (QED) is 0.582. The van der Waals surface area contributed by atoms with Crippen LogP contribution in [0.5, 0.6) is 0 Å². The van der Waals surface area contributed by atoms with Gasteiger partial charge in [-0.1, -0.05) is 19.4 Å². The number of hydrogen-bond donors (Lipinski definition) is 0. The highest BCUT2D eigenvalue weighted by Crippen LogP contribution is 2.66. The number of carbonyl (C=O) groups excluding carboxylic acids is 3.